The molecule has 2 unspecified atom stereocenters. The first-order chi connectivity index (χ1) is 9.20. The Morgan fingerprint density at radius 3 is 2.89 bits per heavy atom. The molecule has 0 spiro atoms. The molecule has 1 fully saturated rings. The Morgan fingerprint density at radius 1 is 1.37 bits per heavy atom. The van der Waals surface area contributed by atoms with E-state index in [0.29, 0.717) is 5.92 Å². The first-order valence-electron chi connectivity index (χ1n) is 7.12. The van der Waals surface area contributed by atoms with Crippen molar-refractivity contribution in [3.05, 3.63) is 29.0 Å². The molecule has 0 bridgehead atoms. The molecule has 2 atom stereocenters. The number of imidazole rings is 1. The molecule has 102 valence electrons. The van der Waals surface area contributed by atoms with Gasteiger partial charge in [0.25, 0.3) is 0 Å². The second-order valence-corrected chi connectivity index (χ2v) is 5.84. The molecule has 0 radical (unpaired) electrons. The summed E-state index contributed by atoms with van der Waals surface area (Å²) in [6.07, 6.45) is 4.76. The maximum absolute atomic E-state index is 6.31. The largest absolute Gasteiger partial charge is 0.328 e. The third-order valence-electron chi connectivity index (χ3n) is 4.21. The van der Waals surface area contributed by atoms with Crippen molar-refractivity contribution < 1.29 is 0 Å². The van der Waals surface area contributed by atoms with Crippen LogP contribution in [-0.4, -0.2) is 15.6 Å². The molecule has 2 aromatic rings. The van der Waals surface area contributed by atoms with Gasteiger partial charge in [-0.25, -0.2) is 4.98 Å². The van der Waals surface area contributed by atoms with Crippen molar-refractivity contribution in [1.29, 1.82) is 0 Å². The van der Waals surface area contributed by atoms with E-state index in [1.165, 1.54) is 18.4 Å². The standard InChI is InChI=1S/C15H20ClN3/c1-2-19-14-8-7-10(16)9-13(14)18-15(19)11-5-3-4-6-12(11)17/h7-9,11-12H,2-6,17H2,1H3. The van der Waals surface area contributed by atoms with Crippen LogP contribution in [0.4, 0.5) is 0 Å². The van der Waals surface area contributed by atoms with E-state index in [1.54, 1.807) is 0 Å². The zero-order chi connectivity index (χ0) is 13.4. The summed E-state index contributed by atoms with van der Waals surface area (Å²) >= 11 is 6.06. The van der Waals surface area contributed by atoms with Crippen LogP contribution < -0.4 is 5.73 Å². The summed E-state index contributed by atoms with van der Waals surface area (Å²) in [5.74, 6) is 1.53. The van der Waals surface area contributed by atoms with Gasteiger partial charge in [0.15, 0.2) is 0 Å². The zero-order valence-corrected chi connectivity index (χ0v) is 12.0. The van der Waals surface area contributed by atoms with E-state index in [4.69, 9.17) is 22.3 Å². The van der Waals surface area contributed by atoms with Crippen molar-refractivity contribution in [3.63, 3.8) is 0 Å². The second-order valence-electron chi connectivity index (χ2n) is 5.40. The summed E-state index contributed by atoms with van der Waals surface area (Å²) < 4.78 is 2.29. The van der Waals surface area contributed by atoms with Crippen LogP contribution in [0.1, 0.15) is 44.3 Å². The van der Waals surface area contributed by atoms with Crippen LogP contribution in [0.3, 0.4) is 0 Å². The second kappa shape index (κ2) is 5.14. The summed E-state index contributed by atoms with van der Waals surface area (Å²) in [7, 11) is 0. The summed E-state index contributed by atoms with van der Waals surface area (Å²) in [6.45, 7) is 3.09. The third-order valence-corrected chi connectivity index (χ3v) is 4.44. The van der Waals surface area contributed by atoms with Crippen molar-refractivity contribution in [2.45, 2.75) is 51.1 Å². The molecule has 1 aliphatic carbocycles. The molecular weight excluding hydrogens is 258 g/mol. The van der Waals surface area contributed by atoms with E-state index in [1.807, 2.05) is 12.1 Å². The van der Waals surface area contributed by atoms with Crippen molar-refractivity contribution in [3.8, 4) is 0 Å². The molecule has 1 saturated carbocycles. The SMILES string of the molecule is CCn1c(C2CCCCC2N)nc2cc(Cl)ccc21. The lowest BCUT2D eigenvalue weighted by molar-refractivity contribution is 0.366. The predicted octanol–water partition coefficient (Wildman–Crippen LogP) is 3.69. The lowest BCUT2D eigenvalue weighted by Crippen LogP contribution is -2.33. The van der Waals surface area contributed by atoms with Gasteiger partial charge in [-0.3, -0.25) is 0 Å². The molecular formula is C15H20ClN3. The summed E-state index contributed by atoms with van der Waals surface area (Å²) in [6, 6.07) is 6.18. The van der Waals surface area contributed by atoms with Crippen LogP contribution in [0, 0.1) is 0 Å². The van der Waals surface area contributed by atoms with Crippen LogP contribution in [0.2, 0.25) is 5.02 Å². The number of hydrogen-bond donors (Lipinski definition) is 1. The average Bonchev–Trinajstić information content (AvgIpc) is 2.76. The van der Waals surface area contributed by atoms with Crippen molar-refractivity contribution >= 4 is 22.6 Å². The molecule has 1 aromatic heterocycles. The van der Waals surface area contributed by atoms with Crippen LogP contribution in [0.15, 0.2) is 18.2 Å². The number of hydrogen-bond acceptors (Lipinski definition) is 2. The van der Waals surface area contributed by atoms with Gasteiger partial charge in [-0.15, -0.1) is 0 Å². The van der Waals surface area contributed by atoms with E-state index in [9.17, 15) is 0 Å². The average molecular weight is 278 g/mol. The topological polar surface area (TPSA) is 43.8 Å². The van der Waals surface area contributed by atoms with E-state index in [-0.39, 0.29) is 6.04 Å². The third kappa shape index (κ3) is 2.26. The van der Waals surface area contributed by atoms with Crippen molar-refractivity contribution in [2.75, 3.05) is 0 Å². The molecule has 0 aliphatic heterocycles. The highest BCUT2D eigenvalue weighted by atomic mass is 35.5. The minimum atomic E-state index is 0.242. The number of rotatable bonds is 2. The van der Waals surface area contributed by atoms with Gasteiger partial charge in [0.1, 0.15) is 5.82 Å². The summed E-state index contributed by atoms with van der Waals surface area (Å²) in [5.41, 5.74) is 8.46. The molecule has 19 heavy (non-hydrogen) atoms. The van der Waals surface area contributed by atoms with Crippen molar-refractivity contribution in [1.82, 2.24) is 9.55 Å². The molecule has 1 aromatic carbocycles. The van der Waals surface area contributed by atoms with Gasteiger partial charge >= 0.3 is 0 Å². The van der Waals surface area contributed by atoms with E-state index in [2.05, 4.69) is 17.6 Å². The Kier molecular flexibility index (Phi) is 3.50. The predicted molar refractivity (Wildman–Crippen MR) is 79.6 cm³/mol. The fourth-order valence-electron chi connectivity index (χ4n) is 3.22. The van der Waals surface area contributed by atoms with E-state index in [0.717, 1.165) is 35.8 Å². The molecule has 2 N–H and O–H groups in total. The van der Waals surface area contributed by atoms with Crippen LogP contribution in [-0.2, 0) is 6.54 Å². The molecule has 4 heteroatoms. The maximum Gasteiger partial charge on any atom is 0.114 e. The lowest BCUT2D eigenvalue weighted by atomic mass is 9.84. The number of nitrogens with zero attached hydrogens (tertiary/aromatic N) is 2. The van der Waals surface area contributed by atoms with Gasteiger partial charge in [0.2, 0.25) is 0 Å². The van der Waals surface area contributed by atoms with Crippen LogP contribution in [0.25, 0.3) is 11.0 Å². The number of fused-ring (bicyclic) bond motifs is 1. The van der Waals surface area contributed by atoms with Crippen LogP contribution >= 0.6 is 11.6 Å². The first-order valence-corrected chi connectivity index (χ1v) is 7.49. The number of halogens is 1. The highest BCUT2D eigenvalue weighted by Crippen LogP contribution is 2.33. The molecule has 1 aliphatic rings. The smallest absolute Gasteiger partial charge is 0.114 e. The Bertz CT molecular complexity index is 590. The van der Waals surface area contributed by atoms with Gasteiger partial charge in [-0.2, -0.15) is 0 Å². The Morgan fingerprint density at radius 2 is 2.16 bits per heavy atom. The normalized spacial score (nSPS) is 23.9. The van der Waals surface area contributed by atoms with Crippen molar-refractivity contribution in [2.24, 2.45) is 5.73 Å². The quantitative estimate of drug-likeness (QED) is 0.910. The van der Waals surface area contributed by atoms with E-state index >= 15 is 0 Å². The van der Waals surface area contributed by atoms with Gasteiger partial charge in [-0.05, 0) is 38.0 Å². The molecule has 3 nitrogen and oxygen atoms in total. The van der Waals surface area contributed by atoms with Gasteiger partial charge in [0.05, 0.1) is 11.0 Å². The minimum Gasteiger partial charge on any atom is -0.328 e. The number of aryl methyl sites for hydroxylation is 1. The molecule has 3 rings (SSSR count). The number of aromatic nitrogens is 2. The first kappa shape index (κ1) is 12.9. The number of nitrogens with two attached hydrogens (primary N) is 1. The van der Waals surface area contributed by atoms with Crippen LogP contribution in [0.5, 0.6) is 0 Å². The lowest BCUT2D eigenvalue weighted by Gasteiger charge is -2.28. The van der Waals surface area contributed by atoms with E-state index < -0.39 is 0 Å². The van der Waals surface area contributed by atoms with Gasteiger partial charge < -0.3 is 10.3 Å². The monoisotopic (exact) mass is 277 g/mol. The molecule has 0 amide bonds. The highest BCUT2D eigenvalue weighted by Gasteiger charge is 2.28. The fraction of sp³-hybridized carbons (Fsp3) is 0.533. The molecule has 0 saturated heterocycles. The Hall–Kier alpha value is -1.06. The highest BCUT2D eigenvalue weighted by molar-refractivity contribution is 6.31. The Labute approximate surface area is 118 Å². The Balaban J connectivity index is 2.11. The molecule has 1 heterocycles. The summed E-state index contributed by atoms with van der Waals surface area (Å²) in [4.78, 5) is 4.82. The maximum atomic E-state index is 6.31. The minimum absolute atomic E-state index is 0.242. The zero-order valence-electron chi connectivity index (χ0n) is 11.3. The van der Waals surface area contributed by atoms with Gasteiger partial charge in [0, 0.05) is 23.5 Å². The number of benzene rings is 1. The fourth-order valence-corrected chi connectivity index (χ4v) is 3.38. The summed E-state index contributed by atoms with van der Waals surface area (Å²) in [5, 5.41) is 0.743. The van der Waals surface area contributed by atoms with Gasteiger partial charge in [-0.1, -0.05) is 24.4 Å².